The van der Waals surface area contributed by atoms with Crippen LogP contribution in [0.3, 0.4) is 0 Å². The molecule has 1 aliphatic heterocycles. The fraction of sp³-hybridized carbons (Fsp3) is 0.286. The Balaban J connectivity index is 1.63. The lowest BCUT2D eigenvalue weighted by Crippen LogP contribution is -2.28. The smallest absolute Gasteiger partial charge is 0.266 e. The largest absolute Gasteiger partial charge is 0.494 e. The molecule has 1 aliphatic rings. The van der Waals surface area contributed by atoms with Gasteiger partial charge in [0.25, 0.3) is 5.91 Å². The highest BCUT2D eigenvalue weighted by Gasteiger charge is 2.32. The number of carbonyl (C=O) groups is 1. The lowest BCUT2D eigenvalue weighted by atomic mass is 10.2. The van der Waals surface area contributed by atoms with Crippen molar-refractivity contribution in [1.29, 1.82) is 0 Å². The van der Waals surface area contributed by atoms with Gasteiger partial charge < -0.3 is 14.2 Å². The molecule has 4 rings (SSSR count). The van der Waals surface area contributed by atoms with Crippen molar-refractivity contribution in [3.63, 3.8) is 0 Å². The van der Waals surface area contributed by atoms with Gasteiger partial charge in [0.1, 0.15) is 5.75 Å². The van der Waals surface area contributed by atoms with Crippen LogP contribution in [0.25, 0.3) is 11.8 Å². The minimum atomic E-state index is -0.0117. The molecule has 1 aromatic heterocycles. The first-order valence-electron chi connectivity index (χ1n) is 11.8. The molecule has 35 heavy (non-hydrogen) atoms. The Hall–Kier alpha value is -3.45. The van der Waals surface area contributed by atoms with Gasteiger partial charge in [0, 0.05) is 43.4 Å². The summed E-state index contributed by atoms with van der Waals surface area (Å²) in [6.45, 7) is 9.30. The number of hydrogen-bond donors (Lipinski definition) is 0. The average molecular weight is 489 g/mol. The summed E-state index contributed by atoms with van der Waals surface area (Å²) in [5.74, 6) is 0.800. The predicted molar refractivity (Wildman–Crippen MR) is 147 cm³/mol. The van der Waals surface area contributed by atoms with Gasteiger partial charge in [0.15, 0.2) is 5.17 Å². The second kappa shape index (κ2) is 10.4. The van der Waals surface area contributed by atoms with Crippen LogP contribution in [0, 0.1) is 13.8 Å². The van der Waals surface area contributed by atoms with E-state index in [4.69, 9.17) is 9.73 Å². The fourth-order valence-corrected chi connectivity index (χ4v) is 5.19. The van der Waals surface area contributed by atoms with Crippen molar-refractivity contribution in [2.45, 2.75) is 27.7 Å². The quantitative estimate of drug-likeness (QED) is 0.373. The normalized spacial score (nSPS) is 15.9. The molecular weight excluding hydrogens is 456 g/mol. The number of nitrogens with zero attached hydrogens (tertiary/aromatic N) is 4. The van der Waals surface area contributed by atoms with Gasteiger partial charge >= 0.3 is 0 Å². The second-order valence-electron chi connectivity index (χ2n) is 8.55. The van der Waals surface area contributed by atoms with E-state index >= 15 is 0 Å². The summed E-state index contributed by atoms with van der Waals surface area (Å²) in [6, 6.07) is 18.2. The van der Waals surface area contributed by atoms with Crippen LogP contribution in [-0.2, 0) is 4.79 Å². The van der Waals surface area contributed by atoms with Crippen LogP contribution in [0.2, 0.25) is 0 Å². The monoisotopic (exact) mass is 488 g/mol. The highest BCUT2D eigenvalue weighted by Crippen LogP contribution is 2.35. The number of hydrogen-bond acceptors (Lipinski definition) is 5. The Morgan fingerprint density at radius 3 is 2.31 bits per heavy atom. The van der Waals surface area contributed by atoms with E-state index in [0.717, 1.165) is 39.8 Å². The molecule has 2 heterocycles. The zero-order chi connectivity index (χ0) is 25.1. The molecule has 1 amide bonds. The molecule has 0 unspecified atom stereocenters. The molecule has 1 fully saturated rings. The molecule has 0 radical (unpaired) electrons. The van der Waals surface area contributed by atoms with Crippen LogP contribution in [0.15, 0.2) is 64.5 Å². The highest BCUT2D eigenvalue weighted by molar-refractivity contribution is 8.18. The van der Waals surface area contributed by atoms with Crippen LogP contribution in [-0.4, -0.2) is 47.8 Å². The van der Waals surface area contributed by atoms with E-state index in [-0.39, 0.29) is 5.91 Å². The Kier molecular flexibility index (Phi) is 7.36. The summed E-state index contributed by atoms with van der Waals surface area (Å²) in [5, 5.41) is 0.695. The van der Waals surface area contributed by atoms with Gasteiger partial charge in [-0.15, -0.1) is 0 Å². The lowest BCUT2D eigenvalue weighted by Gasteiger charge is -2.15. The van der Waals surface area contributed by atoms with Gasteiger partial charge in [-0.3, -0.25) is 9.69 Å². The van der Waals surface area contributed by atoms with Gasteiger partial charge in [-0.05, 0) is 106 Å². The van der Waals surface area contributed by atoms with Crippen molar-refractivity contribution >= 4 is 40.3 Å². The number of amidine groups is 1. The maximum atomic E-state index is 13.2. The van der Waals surface area contributed by atoms with Crippen LogP contribution >= 0.6 is 11.8 Å². The lowest BCUT2D eigenvalue weighted by molar-refractivity contribution is -0.122. The van der Waals surface area contributed by atoms with Crippen molar-refractivity contribution in [2.75, 3.05) is 32.1 Å². The summed E-state index contributed by atoms with van der Waals surface area (Å²) in [7, 11) is 4.07. The molecular formula is C28H32N4O2S. The molecule has 0 bridgehead atoms. The number of amides is 1. The van der Waals surface area contributed by atoms with Gasteiger partial charge in [0.05, 0.1) is 17.2 Å². The number of aromatic nitrogens is 1. The molecule has 0 aliphatic carbocycles. The van der Waals surface area contributed by atoms with Crippen molar-refractivity contribution in [2.24, 2.45) is 4.99 Å². The maximum Gasteiger partial charge on any atom is 0.266 e. The van der Waals surface area contributed by atoms with Gasteiger partial charge in [-0.2, -0.15) is 0 Å². The first-order valence-corrected chi connectivity index (χ1v) is 12.6. The number of aryl methyl sites for hydroxylation is 1. The summed E-state index contributed by atoms with van der Waals surface area (Å²) in [6.07, 6.45) is 1.99. The van der Waals surface area contributed by atoms with E-state index < -0.39 is 0 Å². The van der Waals surface area contributed by atoms with E-state index in [2.05, 4.69) is 53.6 Å². The minimum absolute atomic E-state index is 0.0117. The predicted octanol–water partition coefficient (Wildman–Crippen LogP) is 6.18. The Morgan fingerprint density at radius 2 is 1.71 bits per heavy atom. The molecule has 182 valence electrons. The molecule has 0 saturated carbocycles. The number of aliphatic imine (C=N–C) groups is 1. The number of ether oxygens (including phenoxy) is 1. The molecule has 7 heteroatoms. The first-order chi connectivity index (χ1) is 16.8. The second-order valence-corrected chi connectivity index (χ2v) is 9.56. The average Bonchev–Trinajstić information content (AvgIpc) is 3.29. The van der Waals surface area contributed by atoms with Gasteiger partial charge in [-0.25, -0.2) is 4.99 Å². The molecule has 0 spiro atoms. The van der Waals surface area contributed by atoms with E-state index in [1.807, 2.05) is 58.3 Å². The summed E-state index contributed by atoms with van der Waals surface area (Å²) in [4.78, 5) is 22.4. The van der Waals surface area contributed by atoms with Crippen molar-refractivity contribution < 1.29 is 9.53 Å². The van der Waals surface area contributed by atoms with E-state index in [1.54, 1.807) is 4.90 Å². The topological polar surface area (TPSA) is 50.1 Å². The maximum absolute atomic E-state index is 13.2. The third kappa shape index (κ3) is 5.15. The Bertz CT molecular complexity index is 1270. The van der Waals surface area contributed by atoms with E-state index in [0.29, 0.717) is 23.2 Å². The standard InChI is InChI=1S/C28H32N4O2S/c1-7-31-27(33)26(35-28(31)29-22-9-15-25(16-10-22)34-8-2)18-21-17-19(3)32(20(21)4)24-13-11-23(12-14-24)30(5)6/h9-18H,7-8H2,1-6H3. The number of benzene rings is 2. The Morgan fingerprint density at radius 1 is 1.03 bits per heavy atom. The Labute approximate surface area is 211 Å². The van der Waals surface area contributed by atoms with Gasteiger partial charge in [-0.1, -0.05) is 0 Å². The first kappa shape index (κ1) is 24.7. The molecule has 6 nitrogen and oxygen atoms in total. The summed E-state index contributed by atoms with van der Waals surface area (Å²) < 4.78 is 7.74. The minimum Gasteiger partial charge on any atom is -0.494 e. The van der Waals surface area contributed by atoms with Crippen LogP contribution in [0.4, 0.5) is 11.4 Å². The number of likely N-dealkylation sites (N-methyl/N-ethyl adjacent to an activating group) is 1. The summed E-state index contributed by atoms with van der Waals surface area (Å²) in [5.41, 5.74) is 6.31. The number of anilines is 1. The van der Waals surface area contributed by atoms with Crippen LogP contribution < -0.4 is 9.64 Å². The van der Waals surface area contributed by atoms with E-state index in [1.165, 1.54) is 11.8 Å². The van der Waals surface area contributed by atoms with Crippen LogP contribution in [0.5, 0.6) is 5.75 Å². The van der Waals surface area contributed by atoms with Crippen molar-refractivity contribution in [1.82, 2.24) is 9.47 Å². The van der Waals surface area contributed by atoms with Gasteiger partial charge in [0.2, 0.25) is 0 Å². The molecule has 2 aromatic carbocycles. The van der Waals surface area contributed by atoms with Crippen molar-refractivity contribution in [3.8, 4) is 11.4 Å². The fourth-order valence-electron chi connectivity index (χ4n) is 4.14. The number of rotatable bonds is 7. The zero-order valence-electron chi connectivity index (χ0n) is 21.2. The van der Waals surface area contributed by atoms with Crippen LogP contribution in [0.1, 0.15) is 30.8 Å². The molecule has 1 saturated heterocycles. The molecule has 3 aromatic rings. The van der Waals surface area contributed by atoms with Crippen molar-refractivity contribution in [3.05, 3.63) is 76.5 Å². The molecule has 0 atom stereocenters. The molecule has 0 N–H and O–H groups in total. The van der Waals surface area contributed by atoms with E-state index in [9.17, 15) is 4.79 Å². The SMILES string of the molecule is CCOc1ccc(N=C2SC(=Cc3cc(C)n(-c4ccc(N(C)C)cc4)c3C)C(=O)N2CC)cc1. The third-order valence-corrected chi connectivity index (χ3v) is 6.96. The zero-order valence-corrected chi connectivity index (χ0v) is 22.0. The number of thioether (sulfide) groups is 1. The summed E-state index contributed by atoms with van der Waals surface area (Å²) >= 11 is 1.42. The third-order valence-electron chi connectivity index (χ3n) is 5.96. The highest BCUT2D eigenvalue weighted by atomic mass is 32.2. The number of carbonyl (C=O) groups excluding carboxylic acids is 1.